The fourth-order valence-corrected chi connectivity index (χ4v) is 4.58. The molecule has 0 atom stereocenters. The van der Waals surface area contributed by atoms with Gasteiger partial charge >= 0.3 is 23.5 Å². The van der Waals surface area contributed by atoms with Crippen LogP contribution in [0, 0.1) is 0 Å². The third-order valence-electron chi connectivity index (χ3n) is 6.14. The third kappa shape index (κ3) is 5.91. The molecule has 0 N–H and O–H groups in total. The molecule has 0 amide bonds. The zero-order valence-corrected chi connectivity index (χ0v) is 23.4. The van der Waals surface area contributed by atoms with Crippen LogP contribution in [0.3, 0.4) is 0 Å². The van der Waals surface area contributed by atoms with E-state index in [-0.39, 0.29) is 34.1 Å². The van der Waals surface area contributed by atoms with E-state index >= 15 is 0 Å². The lowest BCUT2D eigenvalue weighted by molar-refractivity contribution is -0.133. The van der Waals surface area contributed by atoms with Crippen molar-refractivity contribution in [3.8, 4) is 51.0 Å². The summed E-state index contributed by atoms with van der Waals surface area (Å²) in [6.07, 6.45) is 0.409. The molecule has 1 aromatic heterocycles. The van der Waals surface area contributed by atoms with Crippen LogP contribution < -0.4 is 29.3 Å². The van der Waals surface area contributed by atoms with E-state index in [0.29, 0.717) is 39.8 Å². The fourth-order valence-electron chi connectivity index (χ4n) is 4.58. The Bertz CT molecular complexity index is 1690. The molecule has 0 aliphatic rings. The first-order valence-electron chi connectivity index (χ1n) is 12.6. The number of methoxy groups -OCH3 is 2. The molecule has 0 unspecified atom stereocenters. The van der Waals surface area contributed by atoms with Crippen molar-refractivity contribution >= 4 is 28.9 Å². The maximum atomic E-state index is 13.8. The highest BCUT2D eigenvalue weighted by Gasteiger charge is 2.25. The summed E-state index contributed by atoms with van der Waals surface area (Å²) in [5.74, 6) is -0.571. The van der Waals surface area contributed by atoms with Gasteiger partial charge in [0.1, 0.15) is 17.1 Å². The number of aryl methyl sites for hydroxylation is 1. The average molecular weight is 561 g/mol. The van der Waals surface area contributed by atoms with Gasteiger partial charge in [0.05, 0.1) is 19.8 Å². The quantitative estimate of drug-likeness (QED) is 0.155. The Morgan fingerprint density at radius 1 is 0.707 bits per heavy atom. The highest BCUT2D eigenvalue weighted by atomic mass is 16.6. The molecule has 0 aliphatic heterocycles. The van der Waals surface area contributed by atoms with Crippen LogP contribution in [0.1, 0.15) is 33.3 Å². The Labute approximate surface area is 235 Å². The molecule has 0 radical (unpaired) electrons. The normalized spacial score (nSPS) is 10.7. The molecule has 0 fully saturated rings. The second kappa shape index (κ2) is 12.0. The maximum absolute atomic E-state index is 13.8. The number of esters is 3. The number of rotatable bonds is 8. The molecule has 3 aromatic carbocycles. The number of carbonyl (C=O) groups is 3. The van der Waals surface area contributed by atoms with E-state index in [4.69, 9.17) is 28.1 Å². The van der Waals surface area contributed by atoms with Gasteiger partial charge in [-0.05, 0) is 53.9 Å². The zero-order valence-electron chi connectivity index (χ0n) is 23.4. The lowest BCUT2D eigenvalue weighted by Crippen LogP contribution is -2.10. The molecule has 0 saturated carbocycles. The van der Waals surface area contributed by atoms with Crippen molar-refractivity contribution in [1.29, 1.82) is 0 Å². The van der Waals surface area contributed by atoms with E-state index in [2.05, 4.69) is 0 Å². The SMILES string of the molecule is CCc1c(OC(C)=O)ccc2c(-c3ccc(OC(C)=O)cc3)c(-c3cc(OC)c(OC(C)=O)c(OC)c3)c(=O)oc12. The van der Waals surface area contributed by atoms with E-state index in [1.807, 2.05) is 6.92 Å². The van der Waals surface area contributed by atoms with Crippen LogP contribution in [0.25, 0.3) is 33.2 Å². The van der Waals surface area contributed by atoms with E-state index in [1.165, 1.54) is 35.0 Å². The Morgan fingerprint density at radius 3 is 1.80 bits per heavy atom. The second-order valence-corrected chi connectivity index (χ2v) is 8.93. The van der Waals surface area contributed by atoms with Crippen LogP contribution in [0.5, 0.6) is 28.7 Å². The Balaban J connectivity index is 2.10. The molecule has 1 heterocycles. The number of benzene rings is 3. The van der Waals surface area contributed by atoms with Crippen molar-refractivity contribution in [2.75, 3.05) is 14.2 Å². The van der Waals surface area contributed by atoms with Gasteiger partial charge in [-0.15, -0.1) is 0 Å². The average Bonchev–Trinajstić information content (AvgIpc) is 2.92. The van der Waals surface area contributed by atoms with Crippen LogP contribution in [0.2, 0.25) is 0 Å². The van der Waals surface area contributed by atoms with Crippen molar-refractivity contribution in [3.05, 3.63) is 64.5 Å². The first kappa shape index (κ1) is 28.9. The standard InChI is InChI=1S/C31H28O10/c1-7-22-24(39-17(3)33)13-12-23-27(19-8-10-21(11-9-19)38-16(2)32)28(31(35)41-29(22)23)20-14-25(36-5)30(40-18(4)34)26(15-20)37-6/h8-15H,7H2,1-6H3. The highest BCUT2D eigenvalue weighted by Crippen LogP contribution is 2.45. The number of fused-ring (bicyclic) bond motifs is 1. The number of hydrogen-bond donors (Lipinski definition) is 0. The smallest absolute Gasteiger partial charge is 0.344 e. The van der Waals surface area contributed by atoms with Gasteiger partial charge in [0.15, 0.2) is 11.5 Å². The first-order valence-corrected chi connectivity index (χ1v) is 12.6. The van der Waals surface area contributed by atoms with Gasteiger partial charge in [0, 0.05) is 37.3 Å². The Kier molecular flexibility index (Phi) is 8.42. The third-order valence-corrected chi connectivity index (χ3v) is 6.14. The lowest BCUT2D eigenvalue weighted by Gasteiger charge is -2.18. The molecule has 10 nitrogen and oxygen atoms in total. The van der Waals surface area contributed by atoms with Gasteiger partial charge in [0.2, 0.25) is 5.75 Å². The largest absolute Gasteiger partial charge is 0.493 e. The summed E-state index contributed by atoms with van der Waals surface area (Å²) in [4.78, 5) is 48.7. The van der Waals surface area contributed by atoms with E-state index in [9.17, 15) is 19.2 Å². The summed E-state index contributed by atoms with van der Waals surface area (Å²) in [5, 5.41) is 0.564. The van der Waals surface area contributed by atoms with E-state index in [1.54, 1.807) is 48.5 Å². The van der Waals surface area contributed by atoms with Crippen molar-refractivity contribution in [2.45, 2.75) is 34.1 Å². The van der Waals surface area contributed by atoms with Crippen LogP contribution in [-0.4, -0.2) is 32.1 Å². The van der Waals surface area contributed by atoms with Gasteiger partial charge in [-0.25, -0.2) is 4.79 Å². The molecule has 4 aromatic rings. The summed E-state index contributed by atoms with van der Waals surface area (Å²) in [6, 6.07) is 13.1. The minimum atomic E-state index is -0.685. The Morgan fingerprint density at radius 2 is 1.29 bits per heavy atom. The molecule has 0 spiro atoms. The number of carbonyl (C=O) groups excluding carboxylic acids is 3. The first-order chi connectivity index (χ1) is 19.6. The second-order valence-electron chi connectivity index (χ2n) is 8.93. The highest BCUT2D eigenvalue weighted by molar-refractivity contribution is 6.03. The van der Waals surface area contributed by atoms with Gasteiger partial charge < -0.3 is 28.1 Å². The molecule has 0 bridgehead atoms. The van der Waals surface area contributed by atoms with Crippen molar-refractivity contribution < 1.29 is 42.5 Å². The van der Waals surface area contributed by atoms with Crippen LogP contribution in [-0.2, 0) is 20.8 Å². The van der Waals surface area contributed by atoms with E-state index < -0.39 is 23.5 Å². The Hall–Kier alpha value is -5.12. The summed E-state index contributed by atoms with van der Waals surface area (Å²) in [7, 11) is 2.79. The van der Waals surface area contributed by atoms with Crippen molar-refractivity contribution in [2.24, 2.45) is 0 Å². The minimum absolute atomic E-state index is 0.0583. The summed E-state index contributed by atoms with van der Waals surface area (Å²) in [6.45, 7) is 5.69. The lowest BCUT2D eigenvalue weighted by atomic mass is 9.91. The number of hydrogen-bond acceptors (Lipinski definition) is 10. The fraction of sp³-hybridized carbons (Fsp3) is 0.226. The summed E-state index contributed by atoms with van der Waals surface area (Å²) >= 11 is 0. The van der Waals surface area contributed by atoms with Crippen LogP contribution >= 0.6 is 0 Å². The molecule has 10 heteroatoms. The molecule has 4 rings (SSSR count). The van der Waals surface area contributed by atoms with E-state index in [0.717, 1.165) is 0 Å². The molecular formula is C31H28O10. The molecular weight excluding hydrogens is 532 g/mol. The molecule has 0 aliphatic carbocycles. The topological polar surface area (TPSA) is 128 Å². The van der Waals surface area contributed by atoms with Crippen LogP contribution in [0.15, 0.2) is 57.7 Å². The zero-order chi connectivity index (χ0) is 29.8. The summed E-state index contributed by atoms with van der Waals surface area (Å²) < 4.78 is 32.7. The van der Waals surface area contributed by atoms with Crippen molar-refractivity contribution in [1.82, 2.24) is 0 Å². The monoisotopic (exact) mass is 560 g/mol. The van der Waals surface area contributed by atoms with Gasteiger partial charge in [-0.3, -0.25) is 14.4 Å². The molecule has 0 saturated heterocycles. The predicted octanol–water partition coefficient (Wildman–Crippen LogP) is 5.48. The number of ether oxygens (including phenoxy) is 5. The van der Waals surface area contributed by atoms with Crippen molar-refractivity contribution in [3.63, 3.8) is 0 Å². The minimum Gasteiger partial charge on any atom is -0.493 e. The van der Waals surface area contributed by atoms with Gasteiger partial charge in [-0.2, -0.15) is 0 Å². The maximum Gasteiger partial charge on any atom is 0.344 e. The molecule has 41 heavy (non-hydrogen) atoms. The van der Waals surface area contributed by atoms with Gasteiger partial charge in [-0.1, -0.05) is 19.1 Å². The van der Waals surface area contributed by atoms with Crippen LogP contribution in [0.4, 0.5) is 0 Å². The predicted molar refractivity (Wildman–Crippen MR) is 150 cm³/mol. The molecule has 212 valence electrons. The summed E-state index contributed by atoms with van der Waals surface area (Å²) in [5.41, 5.74) is 1.76. The van der Waals surface area contributed by atoms with Gasteiger partial charge in [0.25, 0.3) is 0 Å².